The number of hydrazone groups is 2. The number of non-ortho nitro benzene ring substituents is 1. The van der Waals surface area contributed by atoms with E-state index in [9.17, 15) is 14.9 Å². The maximum absolute atomic E-state index is 12.5. The molecule has 0 aliphatic carbocycles. The van der Waals surface area contributed by atoms with Crippen LogP contribution in [0.1, 0.15) is 37.8 Å². The lowest BCUT2D eigenvalue weighted by atomic mass is 10.0. The average Bonchev–Trinajstić information content (AvgIpc) is 3.29. The molecule has 2 heterocycles. The molecule has 0 N–H and O–H groups in total. The molecule has 8 nitrogen and oxygen atoms in total. The molecule has 1 spiro atoms. The summed E-state index contributed by atoms with van der Waals surface area (Å²) in [6.45, 7) is 3.61. The van der Waals surface area contributed by atoms with Crippen molar-refractivity contribution >= 4 is 45.4 Å². The molecule has 2 aliphatic rings. The maximum Gasteiger partial charge on any atom is 0.271 e. The third kappa shape index (κ3) is 4.26. The highest BCUT2D eigenvalue weighted by molar-refractivity contribution is 8.17. The first-order chi connectivity index (χ1) is 17.4. The van der Waals surface area contributed by atoms with Crippen LogP contribution in [0.3, 0.4) is 0 Å². The summed E-state index contributed by atoms with van der Waals surface area (Å²) in [4.78, 5) is 22.6. The highest BCUT2D eigenvalue weighted by Crippen LogP contribution is 2.50. The number of carbonyl (C=O) groups is 1. The quantitative estimate of drug-likeness (QED) is 0.306. The minimum Gasteiger partial charge on any atom is -0.292 e. The SMILES string of the molecule is CCc1ccc(C2=NN(c3ccccc3)[C@@]3(CC2)SC(C(C)=O)=NN3c2cccc([N+](=O)[O-])c2)cc1. The highest BCUT2D eigenvalue weighted by Gasteiger charge is 2.53. The van der Waals surface area contributed by atoms with E-state index in [0.717, 1.165) is 23.4 Å². The van der Waals surface area contributed by atoms with E-state index in [2.05, 4.69) is 36.3 Å². The van der Waals surface area contributed by atoms with Gasteiger partial charge in [-0.15, -0.1) is 0 Å². The molecule has 0 fully saturated rings. The number of carbonyl (C=O) groups excluding carboxylic acids is 1. The van der Waals surface area contributed by atoms with Crippen LogP contribution in [0.5, 0.6) is 0 Å². The fourth-order valence-corrected chi connectivity index (χ4v) is 5.66. The van der Waals surface area contributed by atoms with Crippen molar-refractivity contribution in [3.63, 3.8) is 0 Å². The minimum absolute atomic E-state index is 0.0404. The first-order valence-electron chi connectivity index (χ1n) is 11.8. The molecular weight excluding hydrogens is 474 g/mol. The molecule has 3 aromatic carbocycles. The predicted molar refractivity (Wildman–Crippen MR) is 145 cm³/mol. The average molecular weight is 500 g/mol. The van der Waals surface area contributed by atoms with Crippen molar-refractivity contribution in [3.05, 3.63) is 100 Å². The number of ketones is 1. The van der Waals surface area contributed by atoms with Crippen LogP contribution in [-0.2, 0) is 11.2 Å². The second-order valence-corrected chi connectivity index (χ2v) is 9.88. The molecule has 182 valence electrons. The Labute approximate surface area is 213 Å². The Morgan fingerprint density at radius 1 is 1.00 bits per heavy atom. The molecule has 1 atom stereocenters. The summed E-state index contributed by atoms with van der Waals surface area (Å²) in [6.07, 6.45) is 2.20. The van der Waals surface area contributed by atoms with Gasteiger partial charge in [0.25, 0.3) is 5.69 Å². The van der Waals surface area contributed by atoms with Gasteiger partial charge in [-0.2, -0.15) is 10.2 Å². The second-order valence-electron chi connectivity index (χ2n) is 8.64. The molecule has 0 radical (unpaired) electrons. The van der Waals surface area contributed by atoms with Gasteiger partial charge in [0, 0.05) is 25.5 Å². The number of nitrogens with zero attached hydrogens (tertiary/aromatic N) is 5. The van der Waals surface area contributed by atoms with Gasteiger partial charge in [-0.1, -0.05) is 55.5 Å². The summed E-state index contributed by atoms with van der Waals surface area (Å²) in [7, 11) is 0. The summed E-state index contributed by atoms with van der Waals surface area (Å²) in [5, 5.41) is 25.2. The smallest absolute Gasteiger partial charge is 0.271 e. The van der Waals surface area contributed by atoms with Gasteiger partial charge in [-0.3, -0.25) is 14.9 Å². The molecule has 0 aromatic heterocycles. The van der Waals surface area contributed by atoms with E-state index in [4.69, 9.17) is 5.10 Å². The van der Waals surface area contributed by atoms with Gasteiger partial charge in [0.2, 0.25) is 4.99 Å². The monoisotopic (exact) mass is 499 g/mol. The van der Waals surface area contributed by atoms with Crippen LogP contribution in [-0.4, -0.2) is 26.5 Å². The highest BCUT2D eigenvalue weighted by atomic mass is 32.2. The fourth-order valence-electron chi connectivity index (χ4n) is 4.42. The summed E-state index contributed by atoms with van der Waals surface area (Å²) < 4.78 is 0. The van der Waals surface area contributed by atoms with Crippen LogP contribution >= 0.6 is 11.8 Å². The number of hydrogen-bond donors (Lipinski definition) is 0. The second kappa shape index (κ2) is 9.58. The lowest BCUT2D eigenvalue weighted by Crippen LogP contribution is -2.56. The minimum atomic E-state index is -0.898. The largest absolute Gasteiger partial charge is 0.292 e. The van der Waals surface area contributed by atoms with Crippen molar-refractivity contribution in [2.75, 3.05) is 10.0 Å². The van der Waals surface area contributed by atoms with Gasteiger partial charge in [-0.05, 0) is 53.9 Å². The summed E-state index contributed by atoms with van der Waals surface area (Å²) in [5.41, 5.74) is 4.56. The van der Waals surface area contributed by atoms with Crippen molar-refractivity contribution in [1.29, 1.82) is 0 Å². The Hall–Kier alpha value is -3.98. The predicted octanol–water partition coefficient (Wildman–Crippen LogP) is 5.97. The van der Waals surface area contributed by atoms with Gasteiger partial charge >= 0.3 is 0 Å². The number of aryl methyl sites for hydroxylation is 1. The summed E-state index contributed by atoms with van der Waals surface area (Å²) >= 11 is 1.34. The summed E-state index contributed by atoms with van der Waals surface area (Å²) in [6, 6.07) is 24.5. The van der Waals surface area contributed by atoms with Crippen molar-refractivity contribution in [3.8, 4) is 0 Å². The zero-order valence-corrected chi connectivity index (χ0v) is 20.8. The van der Waals surface area contributed by atoms with E-state index in [1.54, 1.807) is 17.1 Å². The van der Waals surface area contributed by atoms with E-state index >= 15 is 0 Å². The number of Topliss-reactive ketones (excluding diaryl/α,β-unsaturated/α-hetero) is 1. The van der Waals surface area contributed by atoms with Crippen LogP contribution in [0, 0.1) is 10.1 Å². The lowest BCUT2D eigenvalue weighted by molar-refractivity contribution is -0.384. The molecule has 5 rings (SSSR count). The molecule has 2 aliphatic heterocycles. The van der Waals surface area contributed by atoms with Crippen molar-refractivity contribution in [2.24, 2.45) is 10.2 Å². The molecule has 0 saturated carbocycles. The van der Waals surface area contributed by atoms with Crippen molar-refractivity contribution in [1.82, 2.24) is 0 Å². The van der Waals surface area contributed by atoms with Crippen LogP contribution in [0.25, 0.3) is 0 Å². The molecule has 3 aromatic rings. The Morgan fingerprint density at radius 3 is 2.36 bits per heavy atom. The molecule has 0 unspecified atom stereocenters. The molecule has 36 heavy (non-hydrogen) atoms. The van der Waals surface area contributed by atoms with Gasteiger partial charge < -0.3 is 0 Å². The number of nitro benzene ring substituents is 1. The van der Waals surface area contributed by atoms with Gasteiger partial charge in [0.15, 0.2) is 10.8 Å². The number of rotatable bonds is 6. The first-order valence-corrected chi connectivity index (χ1v) is 12.6. The van der Waals surface area contributed by atoms with Crippen LogP contribution in [0.15, 0.2) is 89.1 Å². The Morgan fingerprint density at radius 2 is 1.69 bits per heavy atom. The van der Waals surface area contributed by atoms with Gasteiger partial charge in [0.05, 0.1) is 22.0 Å². The van der Waals surface area contributed by atoms with Crippen molar-refractivity contribution < 1.29 is 9.72 Å². The number of thioether (sulfide) groups is 1. The maximum atomic E-state index is 12.5. The Kier molecular flexibility index (Phi) is 6.32. The molecule has 0 saturated heterocycles. The third-order valence-electron chi connectivity index (χ3n) is 6.30. The van der Waals surface area contributed by atoms with Gasteiger partial charge in [-0.25, -0.2) is 10.0 Å². The van der Waals surface area contributed by atoms with E-state index in [1.165, 1.54) is 36.4 Å². The van der Waals surface area contributed by atoms with E-state index in [-0.39, 0.29) is 11.5 Å². The molecular formula is C27H25N5O3S. The zero-order chi connectivity index (χ0) is 25.3. The summed E-state index contributed by atoms with van der Waals surface area (Å²) in [5.74, 6) is -0.162. The Bertz CT molecular complexity index is 1370. The van der Waals surface area contributed by atoms with E-state index in [0.29, 0.717) is 23.6 Å². The van der Waals surface area contributed by atoms with E-state index in [1.807, 2.05) is 35.3 Å². The molecule has 9 heteroatoms. The van der Waals surface area contributed by atoms with E-state index < -0.39 is 9.92 Å². The third-order valence-corrected chi connectivity index (χ3v) is 7.74. The van der Waals surface area contributed by atoms with Crippen LogP contribution in [0.2, 0.25) is 0 Å². The number of hydrogen-bond acceptors (Lipinski definition) is 8. The van der Waals surface area contributed by atoms with Gasteiger partial charge in [0.1, 0.15) is 0 Å². The topological polar surface area (TPSA) is 91.4 Å². The first kappa shape index (κ1) is 23.7. The fraction of sp³-hybridized carbons (Fsp3) is 0.222. The molecule has 0 amide bonds. The normalized spacial score (nSPS) is 19.3. The molecule has 0 bridgehead atoms. The number of anilines is 2. The standard InChI is InChI=1S/C27H25N5O3S/c1-3-20-12-14-21(15-13-20)25-16-17-27(30(28-25)22-8-5-4-6-9-22)31(29-26(36-27)19(2)33)23-10-7-11-24(18-23)32(34)35/h4-15,18H,3,16-17H2,1-2H3/t27-/m1/s1. The lowest BCUT2D eigenvalue weighted by Gasteiger charge is -2.46. The number of nitro groups is 1. The van der Waals surface area contributed by atoms with Crippen LogP contribution < -0.4 is 10.0 Å². The number of benzene rings is 3. The zero-order valence-electron chi connectivity index (χ0n) is 20.0. The van der Waals surface area contributed by atoms with Crippen LogP contribution in [0.4, 0.5) is 17.1 Å². The Balaban J connectivity index is 1.65. The number of para-hydroxylation sites is 1. The van der Waals surface area contributed by atoms with Crippen molar-refractivity contribution in [2.45, 2.75) is 38.1 Å².